The van der Waals surface area contributed by atoms with Crippen LogP contribution < -0.4 is 5.56 Å². The summed E-state index contributed by atoms with van der Waals surface area (Å²) in [5, 5.41) is 0.932. The number of thiophene rings is 1. The molecule has 0 aliphatic rings. The number of rotatable bonds is 6. The van der Waals surface area contributed by atoms with E-state index in [2.05, 4.69) is 30.7 Å². The minimum absolute atomic E-state index is 0.00238. The maximum atomic E-state index is 12.6. The van der Waals surface area contributed by atoms with Gasteiger partial charge in [0.1, 0.15) is 4.83 Å². The van der Waals surface area contributed by atoms with Gasteiger partial charge < -0.3 is 9.88 Å². The molecule has 132 valence electrons. The number of amides is 1. The number of aromatic amines is 1. The third-order valence-electron chi connectivity index (χ3n) is 4.17. The van der Waals surface area contributed by atoms with Gasteiger partial charge in [-0.25, -0.2) is 4.98 Å². The van der Waals surface area contributed by atoms with E-state index in [9.17, 15) is 9.59 Å². The van der Waals surface area contributed by atoms with Gasteiger partial charge >= 0.3 is 0 Å². The molecule has 0 aromatic carbocycles. The second kappa shape index (κ2) is 7.70. The van der Waals surface area contributed by atoms with E-state index in [1.54, 1.807) is 30.3 Å². The number of carbonyl (C=O) groups is 1. The van der Waals surface area contributed by atoms with Crippen molar-refractivity contribution in [1.29, 1.82) is 0 Å². The Balaban J connectivity index is 2.38. The van der Waals surface area contributed by atoms with Crippen LogP contribution in [0.15, 0.2) is 9.95 Å². The Hall–Kier alpha value is -1.34. The quantitative estimate of drug-likeness (QED) is 0.627. The number of carbonyl (C=O) groups excluding carboxylic acids is 1. The summed E-state index contributed by atoms with van der Waals surface area (Å²) in [5.74, 6) is 0.537. The Labute approximate surface area is 150 Å². The van der Waals surface area contributed by atoms with Crippen molar-refractivity contribution < 1.29 is 4.79 Å². The summed E-state index contributed by atoms with van der Waals surface area (Å²) < 4.78 is 0. The zero-order valence-corrected chi connectivity index (χ0v) is 16.7. The van der Waals surface area contributed by atoms with Crippen LogP contribution in [0.25, 0.3) is 10.2 Å². The normalized spacial score (nSPS) is 13.9. The lowest BCUT2D eigenvalue weighted by molar-refractivity contribution is -0.127. The second-order valence-corrected chi connectivity index (χ2v) is 8.93. The molecule has 0 aliphatic heterocycles. The second-order valence-electron chi connectivity index (χ2n) is 6.40. The van der Waals surface area contributed by atoms with E-state index in [1.165, 1.54) is 11.8 Å². The molecule has 0 spiro atoms. The number of aromatic nitrogens is 2. The number of nitrogens with one attached hydrogen (secondary N) is 1. The van der Waals surface area contributed by atoms with Crippen LogP contribution in [-0.2, 0) is 11.2 Å². The lowest BCUT2D eigenvalue weighted by atomic mass is 9.98. The SMILES string of the molecule is CC[C@@H](C)Cc1c(C)sc2nc(S[C@@H](C)C(=O)N(C)C)[nH]c(=O)c12. The largest absolute Gasteiger partial charge is 0.348 e. The first-order valence-electron chi connectivity index (χ1n) is 8.14. The van der Waals surface area contributed by atoms with Crippen LogP contribution in [0.4, 0.5) is 0 Å². The highest BCUT2D eigenvalue weighted by molar-refractivity contribution is 8.00. The van der Waals surface area contributed by atoms with Gasteiger partial charge in [0.2, 0.25) is 5.91 Å². The molecule has 0 bridgehead atoms. The summed E-state index contributed by atoms with van der Waals surface area (Å²) in [4.78, 5) is 35.5. The highest BCUT2D eigenvalue weighted by Gasteiger charge is 2.20. The Morgan fingerprint density at radius 3 is 2.62 bits per heavy atom. The summed E-state index contributed by atoms with van der Waals surface area (Å²) in [7, 11) is 3.45. The van der Waals surface area contributed by atoms with Crippen molar-refractivity contribution in [2.75, 3.05) is 14.1 Å². The van der Waals surface area contributed by atoms with Crippen molar-refractivity contribution in [2.24, 2.45) is 5.92 Å². The van der Waals surface area contributed by atoms with Crippen LogP contribution in [0.5, 0.6) is 0 Å². The smallest absolute Gasteiger partial charge is 0.260 e. The average Bonchev–Trinajstić information content (AvgIpc) is 2.82. The maximum absolute atomic E-state index is 12.6. The van der Waals surface area contributed by atoms with Gasteiger partial charge in [-0.2, -0.15) is 0 Å². The van der Waals surface area contributed by atoms with Crippen LogP contribution in [0.1, 0.15) is 37.6 Å². The van der Waals surface area contributed by atoms with E-state index in [4.69, 9.17) is 0 Å². The first-order valence-corrected chi connectivity index (χ1v) is 9.84. The summed E-state index contributed by atoms with van der Waals surface area (Å²) in [6.45, 7) is 8.23. The van der Waals surface area contributed by atoms with Gasteiger partial charge in [0, 0.05) is 19.0 Å². The zero-order chi connectivity index (χ0) is 18.0. The fourth-order valence-electron chi connectivity index (χ4n) is 2.53. The fourth-order valence-corrected chi connectivity index (χ4v) is 4.58. The molecule has 2 rings (SSSR count). The predicted octanol–water partition coefficient (Wildman–Crippen LogP) is 3.45. The molecule has 2 aromatic rings. The van der Waals surface area contributed by atoms with Crippen molar-refractivity contribution in [2.45, 2.75) is 50.9 Å². The van der Waals surface area contributed by atoms with Crippen LogP contribution in [-0.4, -0.2) is 40.1 Å². The first-order chi connectivity index (χ1) is 11.2. The number of H-pyrrole nitrogens is 1. The van der Waals surface area contributed by atoms with Gasteiger partial charge in [0.05, 0.1) is 10.6 Å². The molecule has 2 atom stereocenters. The molecule has 7 heteroatoms. The van der Waals surface area contributed by atoms with Crippen molar-refractivity contribution in [3.8, 4) is 0 Å². The molecule has 1 amide bonds. The molecular weight excluding hydrogens is 342 g/mol. The standard InChI is InChI=1S/C17H25N3O2S2/c1-7-9(2)8-12-10(3)23-15-13(12)14(21)18-17(19-15)24-11(4)16(22)20(5)6/h9,11H,7-8H2,1-6H3,(H,18,19,21)/t9-,11+/m1/s1. The molecule has 0 saturated carbocycles. The van der Waals surface area contributed by atoms with Crippen molar-refractivity contribution >= 4 is 39.2 Å². The van der Waals surface area contributed by atoms with E-state index in [1.807, 2.05) is 6.92 Å². The Kier molecular flexibility index (Phi) is 6.09. The molecular formula is C17H25N3O2S2. The zero-order valence-electron chi connectivity index (χ0n) is 15.1. The molecule has 0 aliphatic carbocycles. The van der Waals surface area contributed by atoms with Gasteiger partial charge in [-0.15, -0.1) is 11.3 Å². The van der Waals surface area contributed by atoms with E-state index in [-0.39, 0.29) is 16.7 Å². The van der Waals surface area contributed by atoms with Crippen LogP contribution in [0.2, 0.25) is 0 Å². The number of fused-ring (bicyclic) bond motifs is 1. The number of hydrogen-bond acceptors (Lipinski definition) is 5. The van der Waals surface area contributed by atoms with Gasteiger partial charge in [0.15, 0.2) is 5.16 Å². The van der Waals surface area contributed by atoms with E-state index >= 15 is 0 Å². The summed E-state index contributed by atoms with van der Waals surface area (Å²) in [6, 6.07) is 0. The Morgan fingerprint density at radius 1 is 1.38 bits per heavy atom. The maximum Gasteiger partial charge on any atom is 0.260 e. The van der Waals surface area contributed by atoms with Crippen molar-refractivity contribution in [1.82, 2.24) is 14.9 Å². The number of hydrogen-bond donors (Lipinski definition) is 1. The number of aryl methyl sites for hydroxylation is 1. The molecule has 0 saturated heterocycles. The van der Waals surface area contributed by atoms with Crippen LogP contribution in [0, 0.1) is 12.8 Å². The van der Waals surface area contributed by atoms with Gasteiger partial charge in [-0.1, -0.05) is 32.0 Å². The summed E-state index contributed by atoms with van der Waals surface area (Å²) in [5.41, 5.74) is 1.02. The topological polar surface area (TPSA) is 66.1 Å². The van der Waals surface area contributed by atoms with Crippen molar-refractivity contribution in [3.63, 3.8) is 0 Å². The highest BCUT2D eigenvalue weighted by atomic mass is 32.2. The van der Waals surface area contributed by atoms with Crippen molar-refractivity contribution in [3.05, 3.63) is 20.8 Å². The van der Waals surface area contributed by atoms with Crippen LogP contribution >= 0.6 is 23.1 Å². The monoisotopic (exact) mass is 367 g/mol. The third-order valence-corrected chi connectivity index (χ3v) is 6.18. The predicted molar refractivity (Wildman–Crippen MR) is 102 cm³/mol. The minimum atomic E-state index is -0.291. The molecule has 5 nitrogen and oxygen atoms in total. The van der Waals surface area contributed by atoms with Gasteiger partial charge in [0.25, 0.3) is 5.56 Å². The third kappa shape index (κ3) is 4.00. The summed E-state index contributed by atoms with van der Waals surface area (Å²) >= 11 is 2.85. The van der Waals surface area contributed by atoms with Gasteiger partial charge in [-0.3, -0.25) is 9.59 Å². The lowest BCUT2D eigenvalue weighted by Crippen LogP contribution is -2.30. The minimum Gasteiger partial charge on any atom is -0.348 e. The Morgan fingerprint density at radius 2 is 2.04 bits per heavy atom. The molecule has 0 unspecified atom stereocenters. The summed E-state index contributed by atoms with van der Waals surface area (Å²) in [6.07, 6.45) is 1.98. The molecule has 2 heterocycles. The Bertz CT molecular complexity index is 795. The van der Waals surface area contributed by atoms with E-state index in [0.717, 1.165) is 28.1 Å². The fraction of sp³-hybridized carbons (Fsp3) is 0.588. The number of nitrogens with zero attached hydrogens (tertiary/aromatic N) is 2. The lowest BCUT2D eigenvalue weighted by Gasteiger charge is -2.15. The number of thioether (sulfide) groups is 1. The molecule has 0 fully saturated rings. The van der Waals surface area contributed by atoms with Crippen LogP contribution in [0.3, 0.4) is 0 Å². The molecule has 1 N–H and O–H groups in total. The van der Waals surface area contributed by atoms with Gasteiger partial charge in [-0.05, 0) is 31.7 Å². The molecule has 24 heavy (non-hydrogen) atoms. The van der Waals surface area contributed by atoms with E-state index in [0.29, 0.717) is 16.5 Å². The molecule has 0 radical (unpaired) electrons. The highest BCUT2D eigenvalue weighted by Crippen LogP contribution is 2.31. The first kappa shape index (κ1) is 19.0. The molecule has 2 aromatic heterocycles. The average molecular weight is 368 g/mol. The van der Waals surface area contributed by atoms with E-state index < -0.39 is 0 Å².